The van der Waals surface area contributed by atoms with Gasteiger partial charge in [0.15, 0.2) is 0 Å². The van der Waals surface area contributed by atoms with Gasteiger partial charge in [0.1, 0.15) is 15.7 Å². The zero-order chi connectivity index (χ0) is 14.3. The average Bonchev–Trinajstić information content (AvgIpc) is 2.62. The topological polar surface area (TPSA) is 21.1 Å². The van der Waals surface area contributed by atoms with Gasteiger partial charge in [0.05, 0.1) is 16.4 Å². The molecule has 0 spiro atoms. The van der Waals surface area contributed by atoms with Crippen LogP contribution in [0.15, 0.2) is 34.0 Å². The maximum atomic E-state index is 6.43. The van der Waals surface area contributed by atoms with Gasteiger partial charge in [0.2, 0.25) is 0 Å². The Labute approximate surface area is 134 Å². The molecule has 2 rings (SSSR count). The third-order valence-corrected chi connectivity index (χ3v) is 4.74. The molecule has 1 aliphatic heterocycles. The van der Waals surface area contributed by atoms with Crippen LogP contribution in [0, 0.1) is 0 Å². The standard InChI is InChI=1S/C13H15Cl2N3S.CH4/c1-7-6-9(14)8(2)17(3)12(7)11-10(15)13(19-5)18(4)16-11;/h6H,2H2,1,3-5H3;1H4. The Kier molecular flexibility index (Phi) is 5.41. The van der Waals surface area contributed by atoms with Gasteiger partial charge in [-0.1, -0.05) is 37.2 Å². The second-order valence-corrected chi connectivity index (χ2v) is 5.91. The monoisotopic (exact) mass is 331 g/mol. The summed E-state index contributed by atoms with van der Waals surface area (Å²) < 4.78 is 1.79. The molecule has 1 aromatic rings. The van der Waals surface area contributed by atoms with Crippen LogP contribution in [0.3, 0.4) is 0 Å². The predicted octanol–water partition coefficient (Wildman–Crippen LogP) is 4.74. The fourth-order valence-electron chi connectivity index (χ4n) is 2.10. The molecule has 2 heterocycles. The molecule has 0 unspecified atom stereocenters. The maximum Gasteiger partial charge on any atom is 0.129 e. The van der Waals surface area contributed by atoms with E-state index in [-0.39, 0.29) is 7.43 Å². The van der Waals surface area contributed by atoms with E-state index in [4.69, 9.17) is 23.2 Å². The summed E-state index contributed by atoms with van der Waals surface area (Å²) in [7, 11) is 3.80. The molecule has 20 heavy (non-hydrogen) atoms. The summed E-state index contributed by atoms with van der Waals surface area (Å²) in [5.74, 6) is 0. The number of hydrogen-bond donors (Lipinski definition) is 0. The van der Waals surface area contributed by atoms with Crippen molar-refractivity contribution in [2.75, 3.05) is 13.3 Å². The molecule has 0 aliphatic carbocycles. The molecular weight excluding hydrogens is 313 g/mol. The fourth-order valence-corrected chi connectivity index (χ4v) is 3.46. The van der Waals surface area contributed by atoms with Crippen LogP contribution in [0.25, 0.3) is 5.70 Å². The van der Waals surface area contributed by atoms with E-state index in [1.54, 1.807) is 16.4 Å². The largest absolute Gasteiger partial charge is 0.342 e. The number of hydrogen-bond acceptors (Lipinski definition) is 3. The lowest BCUT2D eigenvalue weighted by atomic mass is 10.1. The van der Waals surface area contributed by atoms with Crippen molar-refractivity contribution in [1.29, 1.82) is 0 Å². The number of aromatic nitrogens is 2. The highest BCUT2D eigenvalue weighted by Gasteiger charge is 2.25. The van der Waals surface area contributed by atoms with Crippen molar-refractivity contribution in [3.8, 4) is 0 Å². The SMILES string of the molecule is C.C=C1C(Cl)=CC(C)=C(c2nn(C)c(SC)c2Cl)N1C. The lowest BCUT2D eigenvalue weighted by molar-refractivity contribution is 0.598. The minimum Gasteiger partial charge on any atom is -0.342 e. The number of halogens is 2. The molecule has 6 heteroatoms. The zero-order valence-electron chi connectivity index (χ0n) is 11.3. The van der Waals surface area contributed by atoms with E-state index in [1.165, 1.54) is 0 Å². The van der Waals surface area contributed by atoms with E-state index in [0.717, 1.165) is 27.7 Å². The van der Waals surface area contributed by atoms with Gasteiger partial charge in [0, 0.05) is 14.1 Å². The Morgan fingerprint density at radius 2 is 1.90 bits per heavy atom. The molecule has 0 bridgehead atoms. The van der Waals surface area contributed by atoms with Gasteiger partial charge in [-0.15, -0.1) is 11.8 Å². The molecule has 0 N–H and O–H groups in total. The van der Waals surface area contributed by atoms with Crippen molar-refractivity contribution >= 4 is 40.7 Å². The van der Waals surface area contributed by atoms with Crippen molar-refractivity contribution in [2.45, 2.75) is 19.4 Å². The summed E-state index contributed by atoms with van der Waals surface area (Å²) in [6.45, 7) is 5.96. The molecule has 0 radical (unpaired) electrons. The Hall–Kier alpha value is -0.840. The zero-order valence-corrected chi connectivity index (χ0v) is 13.6. The second-order valence-electron chi connectivity index (χ2n) is 4.33. The van der Waals surface area contributed by atoms with Crippen molar-refractivity contribution < 1.29 is 0 Å². The molecule has 1 aromatic heterocycles. The van der Waals surface area contributed by atoms with Crippen LogP contribution >= 0.6 is 35.0 Å². The van der Waals surface area contributed by atoms with E-state index in [2.05, 4.69) is 11.7 Å². The Bertz CT molecular complexity index is 614. The summed E-state index contributed by atoms with van der Waals surface area (Å²) in [5.41, 5.74) is 3.47. The minimum atomic E-state index is 0. The molecule has 0 fully saturated rings. The summed E-state index contributed by atoms with van der Waals surface area (Å²) in [4.78, 5) is 1.93. The normalized spacial score (nSPS) is 15.4. The van der Waals surface area contributed by atoms with Crippen LogP contribution in [-0.4, -0.2) is 28.0 Å². The van der Waals surface area contributed by atoms with Crippen molar-refractivity contribution in [1.82, 2.24) is 14.7 Å². The number of aryl methyl sites for hydroxylation is 1. The van der Waals surface area contributed by atoms with Gasteiger partial charge in [-0.3, -0.25) is 4.68 Å². The van der Waals surface area contributed by atoms with Gasteiger partial charge >= 0.3 is 0 Å². The van der Waals surface area contributed by atoms with E-state index in [0.29, 0.717) is 10.1 Å². The van der Waals surface area contributed by atoms with Crippen LogP contribution in [0.5, 0.6) is 0 Å². The summed E-state index contributed by atoms with van der Waals surface area (Å²) >= 11 is 14.1. The highest BCUT2D eigenvalue weighted by Crippen LogP contribution is 2.39. The first-order valence-corrected chi connectivity index (χ1v) is 7.64. The number of rotatable bonds is 2. The highest BCUT2D eigenvalue weighted by atomic mass is 35.5. The average molecular weight is 332 g/mol. The van der Waals surface area contributed by atoms with Gasteiger partial charge < -0.3 is 4.90 Å². The van der Waals surface area contributed by atoms with Gasteiger partial charge in [-0.25, -0.2) is 0 Å². The van der Waals surface area contributed by atoms with Gasteiger partial charge in [0.25, 0.3) is 0 Å². The summed E-state index contributed by atoms with van der Waals surface area (Å²) in [5, 5.41) is 6.76. The highest BCUT2D eigenvalue weighted by molar-refractivity contribution is 7.98. The second kappa shape index (κ2) is 6.29. The molecular formula is C14H19Cl2N3S. The third kappa shape index (κ3) is 2.65. The lowest BCUT2D eigenvalue weighted by Crippen LogP contribution is -2.20. The first kappa shape index (κ1) is 17.2. The molecule has 0 atom stereocenters. The fraction of sp³-hybridized carbons (Fsp3) is 0.357. The summed E-state index contributed by atoms with van der Waals surface area (Å²) in [6, 6.07) is 0. The van der Waals surface area contributed by atoms with Crippen LogP contribution < -0.4 is 0 Å². The number of nitrogens with zero attached hydrogens (tertiary/aromatic N) is 3. The first-order chi connectivity index (χ1) is 8.88. The van der Waals surface area contributed by atoms with Crippen LogP contribution in [0.1, 0.15) is 20.0 Å². The Balaban J connectivity index is 0.00000200. The number of thioether (sulfide) groups is 1. The molecule has 3 nitrogen and oxygen atoms in total. The van der Waals surface area contributed by atoms with Crippen LogP contribution in [-0.2, 0) is 7.05 Å². The van der Waals surface area contributed by atoms with E-state index in [9.17, 15) is 0 Å². The molecule has 110 valence electrons. The van der Waals surface area contributed by atoms with E-state index in [1.807, 2.05) is 38.3 Å². The van der Waals surface area contributed by atoms with Crippen molar-refractivity contribution in [2.24, 2.45) is 7.05 Å². The van der Waals surface area contributed by atoms with Crippen LogP contribution in [0.4, 0.5) is 0 Å². The maximum absolute atomic E-state index is 6.43. The first-order valence-electron chi connectivity index (χ1n) is 5.66. The molecule has 0 amide bonds. The van der Waals surface area contributed by atoms with E-state index < -0.39 is 0 Å². The summed E-state index contributed by atoms with van der Waals surface area (Å²) in [6.07, 6.45) is 3.87. The third-order valence-electron chi connectivity index (χ3n) is 3.09. The lowest BCUT2D eigenvalue weighted by Gasteiger charge is -2.28. The number of likely N-dealkylation sites (N-methyl/N-ethyl adjacent to an activating group) is 1. The van der Waals surface area contributed by atoms with Crippen LogP contribution in [0.2, 0.25) is 5.02 Å². The van der Waals surface area contributed by atoms with Gasteiger partial charge in [-0.05, 0) is 24.8 Å². The number of allylic oxidation sites excluding steroid dienone is 3. The molecule has 0 saturated heterocycles. The predicted molar refractivity (Wildman–Crippen MR) is 90.2 cm³/mol. The Morgan fingerprint density at radius 3 is 2.40 bits per heavy atom. The minimum absolute atomic E-state index is 0. The molecule has 0 saturated carbocycles. The van der Waals surface area contributed by atoms with E-state index >= 15 is 0 Å². The molecule has 0 aromatic carbocycles. The smallest absolute Gasteiger partial charge is 0.129 e. The van der Waals surface area contributed by atoms with Crippen molar-refractivity contribution in [3.63, 3.8) is 0 Å². The van der Waals surface area contributed by atoms with Gasteiger partial charge in [-0.2, -0.15) is 5.10 Å². The quantitative estimate of drug-likeness (QED) is 0.730. The Morgan fingerprint density at radius 1 is 1.30 bits per heavy atom. The van der Waals surface area contributed by atoms with Crippen molar-refractivity contribution in [3.05, 3.63) is 39.7 Å². The molecule has 1 aliphatic rings.